The molecular weight excluding hydrogens is 206 g/mol. The summed E-state index contributed by atoms with van der Waals surface area (Å²) in [5.74, 6) is 0.666. The Bertz CT molecular complexity index is 323. The van der Waals surface area contributed by atoms with Gasteiger partial charge in [-0.2, -0.15) is 5.10 Å². The number of nitrogens with two attached hydrogens (primary N) is 1. The summed E-state index contributed by atoms with van der Waals surface area (Å²) in [7, 11) is 0. The fraction of sp³-hybridized carbons (Fsp3) is 0.727. The zero-order chi connectivity index (χ0) is 12.0. The molecule has 1 aromatic heterocycles. The van der Waals surface area contributed by atoms with Crippen LogP contribution in [-0.2, 0) is 11.3 Å². The minimum atomic E-state index is 0.507. The Kier molecular flexibility index (Phi) is 5.11. The van der Waals surface area contributed by atoms with E-state index >= 15 is 0 Å². The van der Waals surface area contributed by atoms with Crippen molar-refractivity contribution in [1.29, 1.82) is 0 Å². The highest BCUT2D eigenvalue weighted by atomic mass is 16.5. The highest BCUT2D eigenvalue weighted by molar-refractivity contribution is 5.52. The molecule has 0 spiro atoms. The molecule has 0 aliphatic carbocycles. The Hall–Kier alpha value is -1.23. The minimum absolute atomic E-state index is 0.507. The molecular formula is C11H21N3O2. The summed E-state index contributed by atoms with van der Waals surface area (Å²) in [6.45, 7) is 8.54. The average molecular weight is 227 g/mol. The second-order valence-electron chi connectivity index (χ2n) is 3.57. The first-order valence-electron chi connectivity index (χ1n) is 5.74. The smallest absolute Gasteiger partial charge is 0.236 e. The topological polar surface area (TPSA) is 62.3 Å². The van der Waals surface area contributed by atoms with Crippen LogP contribution in [-0.4, -0.2) is 29.6 Å². The van der Waals surface area contributed by atoms with Crippen molar-refractivity contribution in [1.82, 2.24) is 9.78 Å². The van der Waals surface area contributed by atoms with Gasteiger partial charge in [0.25, 0.3) is 0 Å². The van der Waals surface area contributed by atoms with Crippen LogP contribution in [0.3, 0.4) is 0 Å². The van der Waals surface area contributed by atoms with E-state index < -0.39 is 0 Å². The number of hydrogen-bond donors (Lipinski definition) is 1. The van der Waals surface area contributed by atoms with Crippen molar-refractivity contribution in [3.05, 3.63) is 5.69 Å². The zero-order valence-corrected chi connectivity index (χ0v) is 10.3. The van der Waals surface area contributed by atoms with Crippen LogP contribution in [0, 0.1) is 6.92 Å². The molecule has 0 aromatic carbocycles. The number of nitrogen functional groups attached to an aromatic ring is 1. The SMILES string of the molecule is CCCn1nc(C)c(N)c1OCCOCC. The van der Waals surface area contributed by atoms with Crippen LogP contribution in [0.15, 0.2) is 0 Å². The van der Waals surface area contributed by atoms with Gasteiger partial charge in [-0.3, -0.25) is 0 Å². The van der Waals surface area contributed by atoms with Crippen LogP contribution in [0.5, 0.6) is 5.88 Å². The molecule has 92 valence electrons. The summed E-state index contributed by atoms with van der Waals surface area (Å²) in [5, 5.41) is 4.32. The zero-order valence-electron chi connectivity index (χ0n) is 10.3. The van der Waals surface area contributed by atoms with Gasteiger partial charge in [-0.05, 0) is 20.3 Å². The van der Waals surface area contributed by atoms with E-state index in [1.165, 1.54) is 0 Å². The van der Waals surface area contributed by atoms with Crippen molar-refractivity contribution in [2.24, 2.45) is 0 Å². The molecule has 0 fully saturated rings. The number of ether oxygens (including phenoxy) is 2. The number of nitrogens with zero attached hydrogens (tertiary/aromatic N) is 2. The van der Waals surface area contributed by atoms with E-state index in [9.17, 15) is 0 Å². The van der Waals surface area contributed by atoms with Crippen molar-refractivity contribution in [3.63, 3.8) is 0 Å². The summed E-state index contributed by atoms with van der Waals surface area (Å²) in [6, 6.07) is 0. The fourth-order valence-corrected chi connectivity index (χ4v) is 1.43. The second-order valence-corrected chi connectivity index (χ2v) is 3.57. The lowest BCUT2D eigenvalue weighted by molar-refractivity contribution is 0.106. The normalized spacial score (nSPS) is 10.7. The predicted octanol–water partition coefficient (Wildman–Crippen LogP) is 1.60. The lowest BCUT2D eigenvalue weighted by atomic mass is 10.4. The Balaban J connectivity index is 2.61. The summed E-state index contributed by atoms with van der Waals surface area (Å²) >= 11 is 0. The van der Waals surface area contributed by atoms with Gasteiger partial charge in [0.2, 0.25) is 5.88 Å². The molecule has 2 N–H and O–H groups in total. The van der Waals surface area contributed by atoms with Gasteiger partial charge in [0.05, 0.1) is 12.3 Å². The van der Waals surface area contributed by atoms with Gasteiger partial charge >= 0.3 is 0 Å². The fourth-order valence-electron chi connectivity index (χ4n) is 1.43. The summed E-state index contributed by atoms with van der Waals surface area (Å²) in [4.78, 5) is 0. The van der Waals surface area contributed by atoms with E-state index in [0.29, 0.717) is 31.4 Å². The molecule has 0 bridgehead atoms. The van der Waals surface area contributed by atoms with Crippen LogP contribution in [0.4, 0.5) is 5.69 Å². The van der Waals surface area contributed by atoms with Crippen LogP contribution in [0.25, 0.3) is 0 Å². The van der Waals surface area contributed by atoms with E-state index in [1.807, 2.05) is 18.5 Å². The van der Waals surface area contributed by atoms with Crippen molar-refractivity contribution < 1.29 is 9.47 Å². The number of hydrogen-bond acceptors (Lipinski definition) is 4. The molecule has 0 amide bonds. The molecule has 5 heteroatoms. The molecule has 1 rings (SSSR count). The summed E-state index contributed by atoms with van der Waals surface area (Å²) < 4.78 is 12.6. The van der Waals surface area contributed by atoms with Gasteiger partial charge in [-0.25, -0.2) is 4.68 Å². The highest BCUT2D eigenvalue weighted by Gasteiger charge is 2.12. The molecule has 5 nitrogen and oxygen atoms in total. The molecule has 16 heavy (non-hydrogen) atoms. The third kappa shape index (κ3) is 3.13. The monoisotopic (exact) mass is 227 g/mol. The first kappa shape index (κ1) is 12.8. The highest BCUT2D eigenvalue weighted by Crippen LogP contribution is 2.24. The largest absolute Gasteiger partial charge is 0.474 e. The molecule has 0 unspecified atom stereocenters. The van der Waals surface area contributed by atoms with Crippen LogP contribution in [0.2, 0.25) is 0 Å². The van der Waals surface area contributed by atoms with Gasteiger partial charge < -0.3 is 15.2 Å². The predicted molar refractivity (Wildman–Crippen MR) is 63.7 cm³/mol. The Morgan fingerprint density at radius 3 is 2.69 bits per heavy atom. The number of aromatic nitrogens is 2. The van der Waals surface area contributed by atoms with Gasteiger partial charge in [0.15, 0.2) is 0 Å². The quantitative estimate of drug-likeness (QED) is 0.719. The van der Waals surface area contributed by atoms with E-state index in [0.717, 1.165) is 18.7 Å². The van der Waals surface area contributed by atoms with Crippen LogP contribution in [0.1, 0.15) is 26.0 Å². The second kappa shape index (κ2) is 6.37. The van der Waals surface area contributed by atoms with Crippen molar-refractivity contribution >= 4 is 5.69 Å². The third-order valence-corrected chi connectivity index (χ3v) is 2.23. The van der Waals surface area contributed by atoms with Gasteiger partial charge in [-0.1, -0.05) is 6.92 Å². The average Bonchev–Trinajstić information content (AvgIpc) is 2.52. The molecule has 0 aliphatic rings. The Labute approximate surface area is 96.5 Å². The van der Waals surface area contributed by atoms with Gasteiger partial charge in [0.1, 0.15) is 12.3 Å². The molecule has 1 aromatic rings. The van der Waals surface area contributed by atoms with Crippen LogP contribution >= 0.6 is 0 Å². The summed E-state index contributed by atoms with van der Waals surface area (Å²) in [6.07, 6.45) is 1.00. The van der Waals surface area contributed by atoms with Crippen LogP contribution < -0.4 is 10.5 Å². The van der Waals surface area contributed by atoms with E-state index in [-0.39, 0.29) is 0 Å². The summed E-state index contributed by atoms with van der Waals surface area (Å²) in [5.41, 5.74) is 7.35. The van der Waals surface area contributed by atoms with E-state index in [1.54, 1.807) is 0 Å². The standard InChI is InChI=1S/C11H21N3O2/c1-4-6-14-11(10(12)9(3)13-14)16-8-7-15-5-2/h4-8,12H2,1-3H3. The lowest BCUT2D eigenvalue weighted by Crippen LogP contribution is -2.11. The molecule has 0 atom stereocenters. The molecule has 0 radical (unpaired) electrons. The Morgan fingerprint density at radius 1 is 1.31 bits per heavy atom. The molecule has 0 saturated carbocycles. The number of rotatable bonds is 7. The molecule has 1 heterocycles. The first-order valence-corrected chi connectivity index (χ1v) is 5.74. The van der Waals surface area contributed by atoms with Gasteiger partial charge in [0, 0.05) is 13.2 Å². The van der Waals surface area contributed by atoms with Crippen molar-refractivity contribution in [3.8, 4) is 5.88 Å². The minimum Gasteiger partial charge on any atom is -0.474 e. The first-order chi connectivity index (χ1) is 7.70. The molecule has 0 aliphatic heterocycles. The van der Waals surface area contributed by atoms with Gasteiger partial charge in [-0.15, -0.1) is 0 Å². The van der Waals surface area contributed by atoms with E-state index in [4.69, 9.17) is 15.2 Å². The van der Waals surface area contributed by atoms with Crippen molar-refractivity contribution in [2.45, 2.75) is 33.7 Å². The van der Waals surface area contributed by atoms with Crippen molar-refractivity contribution in [2.75, 3.05) is 25.6 Å². The number of aryl methyl sites for hydroxylation is 2. The lowest BCUT2D eigenvalue weighted by Gasteiger charge is -2.09. The van der Waals surface area contributed by atoms with E-state index in [2.05, 4.69) is 12.0 Å². The number of anilines is 1. The maximum atomic E-state index is 5.90. The third-order valence-electron chi connectivity index (χ3n) is 2.23. The maximum Gasteiger partial charge on any atom is 0.236 e. The maximum absolute atomic E-state index is 5.90. The molecule has 0 saturated heterocycles. The Morgan fingerprint density at radius 2 is 2.06 bits per heavy atom.